The molecule has 0 spiro atoms. The number of carbonyl (C=O) groups excluding carboxylic acids is 2. The zero-order chi connectivity index (χ0) is 19.0. The Labute approximate surface area is 145 Å². The summed E-state index contributed by atoms with van der Waals surface area (Å²) < 4.78 is 41.9. The molecule has 8 nitrogen and oxygen atoms in total. The van der Waals surface area contributed by atoms with Gasteiger partial charge in [0.1, 0.15) is 0 Å². The zero-order valence-electron chi connectivity index (χ0n) is 13.4. The maximum absolute atomic E-state index is 11.8. The number of hydrogen-bond acceptors (Lipinski definition) is 6. The third kappa shape index (κ3) is 6.51. The highest BCUT2D eigenvalue weighted by atomic mass is 19.4. The summed E-state index contributed by atoms with van der Waals surface area (Å²) in [6, 6.07) is 8.54. The number of aryl methyl sites for hydroxylation is 1. The fraction of sp³-hybridized carbons (Fsp3) is 0.333. The van der Waals surface area contributed by atoms with E-state index in [1.165, 1.54) is 16.4 Å². The van der Waals surface area contributed by atoms with E-state index >= 15 is 0 Å². The van der Waals surface area contributed by atoms with Gasteiger partial charge in [-0.05, 0) is 25.0 Å². The van der Waals surface area contributed by atoms with Crippen molar-refractivity contribution < 1.29 is 32.3 Å². The molecule has 0 aliphatic heterocycles. The second kappa shape index (κ2) is 8.94. The molecule has 0 fully saturated rings. The van der Waals surface area contributed by atoms with Gasteiger partial charge in [0.05, 0.1) is 18.4 Å². The molecule has 2 rings (SSSR count). The first-order valence-corrected chi connectivity index (χ1v) is 7.52. The number of esters is 1. The summed E-state index contributed by atoms with van der Waals surface area (Å²) in [4.78, 5) is 26.3. The molecular formula is C15H15F3N4O4. The largest absolute Gasteiger partial charge is 0.543 e. The maximum atomic E-state index is 11.8. The van der Waals surface area contributed by atoms with Crippen LogP contribution in [0.3, 0.4) is 0 Å². The highest BCUT2D eigenvalue weighted by molar-refractivity contribution is 5.91. The summed E-state index contributed by atoms with van der Waals surface area (Å²) in [5.41, 5.74) is 1.36. The molecule has 1 amide bonds. The van der Waals surface area contributed by atoms with Gasteiger partial charge in [-0.3, -0.25) is 9.48 Å². The molecule has 0 saturated heterocycles. The summed E-state index contributed by atoms with van der Waals surface area (Å²) in [5.74, 6) is -1.58. The minimum atomic E-state index is -4.98. The number of hydroxylamine groups is 1. The van der Waals surface area contributed by atoms with Gasteiger partial charge in [0.25, 0.3) is 5.91 Å². The Bertz CT molecular complexity index is 734. The van der Waals surface area contributed by atoms with E-state index in [0.29, 0.717) is 24.9 Å². The quantitative estimate of drug-likeness (QED) is 0.433. The number of alkyl halides is 3. The number of nitrogens with zero attached hydrogens (tertiary/aromatic N) is 3. The zero-order valence-corrected chi connectivity index (χ0v) is 13.4. The second-order valence-electron chi connectivity index (χ2n) is 5.05. The van der Waals surface area contributed by atoms with Gasteiger partial charge in [0.15, 0.2) is 5.69 Å². The molecule has 0 atom stereocenters. The van der Waals surface area contributed by atoms with Crippen LogP contribution < -0.4 is 5.48 Å². The van der Waals surface area contributed by atoms with Crippen LogP contribution in [0.1, 0.15) is 33.7 Å². The van der Waals surface area contributed by atoms with Crippen LogP contribution in [-0.2, 0) is 16.1 Å². The van der Waals surface area contributed by atoms with Gasteiger partial charge in [-0.15, -0.1) is 18.3 Å². The molecule has 0 aliphatic carbocycles. The molecule has 1 aromatic carbocycles. The Kier molecular flexibility index (Phi) is 6.67. The normalized spacial score (nSPS) is 11.2. The smallest absolute Gasteiger partial charge is 0.462 e. The van der Waals surface area contributed by atoms with Gasteiger partial charge in [0, 0.05) is 6.54 Å². The van der Waals surface area contributed by atoms with Crippen LogP contribution in [0.2, 0.25) is 0 Å². The Hall–Kier alpha value is -2.95. The van der Waals surface area contributed by atoms with Crippen molar-refractivity contribution >= 4 is 11.9 Å². The van der Waals surface area contributed by atoms with Crippen molar-refractivity contribution in [2.75, 3.05) is 6.61 Å². The number of carbonyl (C=O) groups is 2. The first-order valence-electron chi connectivity index (χ1n) is 7.52. The molecule has 0 saturated carbocycles. The lowest BCUT2D eigenvalue weighted by Crippen LogP contribution is -2.31. The Morgan fingerprint density at radius 2 is 1.88 bits per heavy atom. The number of nitrogens with one attached hydrogen (secondary N) is 1. The molecule has 1 aromatic heterocycles. The number of aromatic nitrogens is 3. The van der Waals surface area contributed by atoms with Gasteiger partial charge in [-0.2, -0.15) is 4.84 Å². The number of ether oxygens (including phenoxy) is 1. The third-order valence-corrected chi connectivity index (χ3v) is 3.05. The monoisotopic (exact) mass is 372 g/mol. The molecule has 1 N–H and O–H groups in total. The van der Waals surface area contributed by atoms with Crippen LogP contribution in [0.5, 0.6) is 0 Å². The van der Waals surface area contributed by atoms with Gasteiger partial charge in [-0.25, -0.2) is 10.3 Å². The van der Waals surface area contributed by atoms with Crippen molar-refractivity contribution in [2.24, 2.45) is 0 Å². The molecule has 140 valence electrons. The molecule has 1 heterocycles. The van der Waals surface area contributed by atoms with Gasteiger partial charge in [0.2, 0.25) is 0 Å². The van der Waals surface area contributed by atoms with Crippen LogP contribution in [0.25, 0.3) is 0 Å². The predicted molar refractivity (Wildman–Crippen MR) is 80.6 cm³/mol. The van der Waals surface area contributed by atoms with Crippen LogP contribution in [-0.4, -0.2) is 39.8 Å². The number of unbranched alkanes of at least 4 members (excludes halogenated alkanes) is 1. The number of amides is 1. The van der Waals surface area contributed by atoms with Crippen molar-refractivity contribution in [3.05, 3.63) is 47.8 Å². The van der Waals surface area contributed by atoms with E-state index < -0.39 is 18.2 Å². The van der Waals surface area contributed by atoms with Gasteiger partial charge < -0.3 is 4.74 Å². The molecule has 11 heteroatoms. The highest BCUT2D eigenvalue weighted by Crippen LogP contribution is 2.14. The van der Waals surface area contributed by atoms with Gasteiger partial charge >= 0.3 is 12.3 Å². The number of benzene rings is 1. The standard InChI is InChI=1S/C15H15F3N4O4/c16-15(17,18)26-20-13(23)12-10-22(21-19-12)8-4-5-9-25-14(24)11-6-2-1-3-7-11/h1-3,6-7,10H,4-5,8-9H2,(H,20,23). The topological polar surface area (TPSA) is 95.3 Å². The van der Waals surface area contributed by atoms with Crippen LogP contribution in [0.15, 0.2) is 36.5 Å². The SMILES string of the molecule is O=C(OCCCCn1cc(C(=O)NOC(F)(F)F)nn1)c1ccccc1. The fourth-order valence-electron chi connectivity index (χ4n) is 1.87. The molecule has 0 bridgehead atoms. The van der Waals surface area contributed by atoms with Crippen molar-refractivity contribution in [2.45, 2.75) is 25.7 Å². The van der Waals surface area contributed by atoms with Gasteiger partial charge in [-0.1, -0.05) is 23.4 Å². The lowest BCUT2D eigenvalue weighted by Gasteiger charge is -2.05. The second-order valence-corrected chi connectivity index (χ2v) is 5.05. The number of hydrogen-bond donors (Lipinski definition) is 1. The minimum Gasteiger partial charge on any atom is -0.462 e. The van der Waals surface area contributed by atoms with Crippen molar-refractivity contribution in [1.82, 2.24) is 20.5 Å². The van der Waals surface area contributed by atoms with E-state index in [9.17, 15) is 22.8 Å². The van der Waals surface area contributed by atoms with E-state index in [1.807, 2.05) is 0 Å². The third-order valence-electron chi connectivity index (χ3n) is 3.05. The van der Waals surface area contributed by atoms with Crippen molar-refractivity contribution in [1.29, 1.82) is 0 Å². The summed E-state index contributed by atoms with van der Waals surface area (Å²) >= 11 is 0. The molecule has 26 heavy (non-hydrogen) atoms. The summed E-state index contributed by atoms with van der Waals surface area (Å²) in [7, 11) is 0. The van der Waals surface area contributed by atoms with E-state index in [-0.39, 0.29) is 12.3 Å². The van der Waals surface area contributed by atoms with Crippen LogP contribution in [0.4, 0.5) is 13.2 Å². The molecule has 2 aromatic rings. The number of rotatable bonds is 8. The fourth-order valence-corrected chi connectivity index (χ4v) is 1.87. The maximum Gasteiger partial charge on any atom is 0.543 e. The lowest BCUT2D eigenvalue weighted by molar-refractivity contribution is -0.343. The average Bonchev–Trinajstić information content (AvgIpc) is 3.08. The van der Waals surface area contributed by atoms with E-state index in [4.69, 9.17) is 4.74 Å². The first-order chi connectivity index (χ1) is 12.3. The molecule has 0 radical (unpaired) electrons. The Morgan fingerprint density at radius 3 is 2.58 bits per heavy atom. The Morgan fingerprint density at radius 1 is 1.15 bits per heavy atom. The summed E-state index contributed by atoms with van der Waals surface area (Å²) in [5, 5.41) is 7.08. The molecule has 0 aliphatic rings. The predicted octanol–water partition coefficient (Wildman–Crippen LogP) is 2.10. The number of halogens is 3. The van der Waals surface area contributed by atoms with E-state index in [0.717, 1.165) is 0 Å². The van der Waals surface area contributed by atoms with E-state index in [1.54, 1.807) is 30.3 Å². The van der Waals surface area contributed by atoms with E-state index in [2.05, 4.69) is 15.1 Å². The average molecular weight is 372 g/mol. The lowest BCUT2D eigenvalue weighted by atomic mass is 10.2. The molecular weight excluding hydrogens is 357 g/mol. The molecule has 0 unspecified atom stereocenters. The van der Waals surface area contributed by atoms with Crippen molar-refractivity contribution in [3.8, 4) is 0 Å². The minimum absolute atomic E-state index is 0.204. The summed E-state index contributed by atoms with van der Waals surface area (Å²) in [6.45, 7) is 0.554. The van der Waals surface area contributed by atoms with Crippen LogP contribution >= 0.6 is 0 Å². The Balaban J connectivity index is 1.67. The summed E-state index contributed by atoms with van der Waals surface area (Å²) in [6.07, 6.45) is -2.70. The first kappa shape index (κ1) is 19.4. The van der Waals surface area contributed by atoms with Crippen LogP contribution in [0, 0.1) is 0 Å². The highest BCUT2D eigenvalue weighted by Gasteiger charge is 2.31. The van der Waals surface area contributed by atoms with Crippen molar-refractivity contribution in [3.63, 3.8) is 0 Å².